The van der Waals surface area contributed by atoms with Gasteiger partial charge in [-0.1, -0.05) is 15.9 Å². The van der Waals surface area contributed by atoms with Gasteiger partial charge in [-0.2, -0.15) is 4.98 Å². The fourth-order valence-corrected chi connectivity index (χ4v) is 1.99. The number of hydrogen-bond acceptors (Lipinski definition) is 4. The second-order valence-corrected chi connectivity index (χ2v) is 5.03. The molecule has 1 aromatic carbocycles. The topological polar surface area (TPSA) is 49.8 Å². The maximum absolute atomic E-state index is 4.29. The van der Waals surface area contributed by atoms with Crippen molar-refractivity contribution >= 4 is 49.3 Å². The van der Waals surface area contributed by atoms with Crippen LogP contribution in [0.25, 0.3) is 0 Å². The molecular weight excluding hydrogens is 348 g/mol. The van der Waals surface area contributed by atoms with Crippen molar-refractivity contribution in [1.29, 1.82) is 0 Å². The predicted molar refractivity (Wildman–Crippen MR) is 76.7 cm³/mol. The first-order valence-corrected chi connectivity index (χ1v) is 6.50. The molecule has 0 fully saturated rings. The zero-order valence-corrected chi connectivity index (χ0v) is 12.2. The first kappa shape index (κ1) is 12.3. The van der Waals surface area contributed by atoms with E-state index in [0.717, 1.165) is 20.5 Å². The van der Waals surface area contributed by atoms with Crippen LogP contribution >= 0.6 is 31.9 Å². The SMILES string of the molecule is CNc1nccc(Nc2cc(Br)ccc2Br)n1. The fourth-order valence-electron chi connectivity index (χ4n) is 1.28. The highest BCUT2D eigenvalue weighted by Crippen LogP contribution is 2.28. The highest BCUT2D eigenvalue weighted by molar-refractivity contribution is 9.11. The van der Waals surface area contributed by atoms with Crippen LogP contribution in [0.5, 0.6) is 0 Å². The first-order chi connectivity index (χ1) is 8.19. The number of halogens is 2. The summed E-state index contributed by atoms with van der Waals surface area (Å²) in [6.07, 6.45) is 1.70. The molecule has 88 valence electrons. The normalized spacial score (nSPS) is 10.1. The van der Waals surface area contributed by atoms with E-state index in [4.69, 9.17) is 0 Å². The van der Waals surface area contributed by atoms with E-state index in [2.05, 4.69) is 52.5 Å². The molecule has 1 heterocycles. The third-order valence-electron chi connectivity index (χ3n) is 2.07. The number of anilines is 3. The van der Waals surface area contributed by atoms with E-state index in [-0.39, 0.29) is 0 Å². The van der Waals surface area contributed by atoms with Gasteiger partial charge in [0, 0.05) is 22.2 Å². The number of rotatable bonds is 3. The zero-order chi connectivity index (χ0) is 12.3. The lowest BCUT2D eigenvalue weighted by molar-refractivity contribution is 1.15. The average molecular weight is 358 g/mol. The lowest BCUT2D eigenvalue weighted by Gasteiger charge is -2.09. The van der Waals surface area contributed by atoms with E-state index in [1.807, 2.05) is 24.3 Å². The summed E-state index contributed by atoms with van der Waals surface area (Å²) in [5, 5.41) is 6.12. The fraction of sp³-hybridized carbons (Fsp3) is 0.0909. The summed E-state index contributed by atoms with van der Waals surface area (Å²) in [4.78, 5) is 8.34. The van der Waals surface area contributed by atoms with E-state index in [0.29, 0.717) is 5.95 Å². The number of nitrogens with zero attached hydrogens (tertiary/aromatic N) is 2. The van der Waals surface area contributed by atoms with Crippen LogP contribution < -0.4 is 10.6 Å². The second kappa shape index (κ2) is 5.46. The molecule has 6 heteroatoms. The van der Waals surface area contributed by atoms with Crippen molar-refractivity contribution in [3.8, 4) is 0 Å². The van der Waals surface area contributed by atoms with Crippen LogP contribution in [0.2, 0.25) is 0 Å². The lowest BCUT2D eigenvalue weighted by atomic mass is 10.3. The van der Waals surface area contributed by atoms with Gasteiger partial charge in [0.15, 0.2) is 0 Å². The van der Waals surface area contributed by atoms with Crippen molar-refractivity contribution in [3.05, 3.63) is 39.4 Å². The van der Waals surface area contributed by atoms with Crippen LogP contribution in [-0.2, 0) is 0 Å². The molecule has 0 atom stereocenters. The van der Waals surface area contributed by atoms with Crippen LogP contribution in [0.3, 0.4) is 0 Å². The van der Waals surface area contributed by atoms with Gasteiger partial charge in [-0.3, -0.25) is 0 Å². The van der Waals surface area contributed by atoms with Gasteiger partial charge in [-0.15, -0.1) is 0 Å². The monoisotopic (exact) mass is 356 g/mol. The molecule has 4 nitrogen and oxygen atoms in total. The molecule has 0 saturated heterocycles. The summed E-state index contributed by atoms with van der Waals surface area (Å²) < 4.78 is 1.98. The first-order valence-electron chi connectivity index (χ1n) is 4.92. The highest BCUT2D eigenvalue weighted by atomic mass is 79.9. The Hall–Kier alpha value is -1.14. The third kappa shape index (κ3) is 3.17. The molecule has 0 saturated carbocycles. The smallest absolute Gasteiger partial charge is 0.224 e. The van der Waals surface area contributed by atoms with Gasteiger partial charge in [0.2, 0.25) is 5.95 Å². The molecule has 0 amide bonds. The maximum atomic E-state index is 4.29. The summed E-state index contributed by atoms with van der Waals surface area (Å²) in [6, 6.07) is 7.72. The lowest BCUT2D eigenvalue weighted by Crippen LogP contribution is -2.00. The van der Waals surface area contributed by atoms with Crippen molar-refractivity contribution in [2.24, 2.45) is 0 Å². The molecule has 0 spiro atoms. The maximum Gasteiger partial charge on any atom is 0.224 e. The molecule has 2 rings (SSSR count). The highest BCUT2D eigenvalue weighted by Gasteiger charge is 2.03. The summed E-state index contributed by atoms with van der Waals surface area (Å²) in [5.74, 6) is 1.32. The zero-order valence-electron chi connectivity index (χ0n) is 9.04. The second-order valence-electron chi connectivity index (χ2n) is 3.26. The Bertz CT molecular complexity index is 531. The molecule has 2 aromatic rings. The van der Waals surface area contributed by atoms with Crippen molar-refractivity contribution in [2.75, 3.05) is 17.7 Å². The van der Waals surface area contributed by atoms with Gasteiger partial charge >= 0.3 is 0 Å². The Balaban J connectivity index is 2.27. The molecule has 0 aliphatic carbocycles. The Labute approximate surface area is 116 Å². The number of hydrogen-bond donors (Lipinski definition) is 2. The summed E-state index contributed by atoms with van der Waals surface area (Å²) in [6.45, 7) is 0. The van der Waals surface area contributed by atoms with Gasteiger partial charge in [0.25, 0.3) is 0 Å². The van der Waals surface area contributed by atoms with E-state index in [9.17, 15) is 0 Å². The molecular formula is C11H10Br2N4. The molecule has 1 aromatic heterocycles. The molecule has 0 radical (unpaired) electrons. The van der Waals surface area contributed by atoms with Crippen LogP contribution in [0.4, 0.5) is 17.5 Å². The number of nitrogens with one attached hydrogen (secondary N) is 2. The van der Waals surface area contributed by atoms with Gasteiger partial charge in [0.05, 0.1) is 5.69 Å². The Morgan fingerprint density at radius 2 is 2.00 bits per heavy atom. The summed E-state index contributed by atoms with van der Waals surface area (Å²) in [5.41, 5.74) is 0.945. The molecule has 17 heavy (non-hydrogen) atoms. The van der Waals surface area contributed by atoms with Gasteiger partial charge in [-0.05, 0) is 40.2 Å². The molecule has 0 unspecified atom stereocenters. The predicted octanol–water partition coefficient (Wildman–Crippen LogP) is 3.79. The van der Waals surface area contributed by atoms with Gasteiger partial charge < -0.3 is 10.6 Å². The molecule has 2 N–H and O–H groups in total. The van der Waals surface area contributed by atoms with Crippen molar-refractivity contribution in [2.45, 2.75) is 0 Å². The van der Waals surface area contributed by atoms with Crippen LogP contribution in [0.1, 0.15) is 0 Å². The van der Waals surface area contributed by atoms with Crippen molar-refractivity contribution in [3.63, 3.8) is 0 Å². The minimum Gasteiger partial charge on any atom is -0.357 e. The minimum absolute atomic E-state index is 0.584. The molecule has 0 aliphatic heterocycles. The minimum atomic E-state index is 0.584. The van der Waals surface area contributed by atoms with Crippen LogP contribution in [-0.4, -0.2) is 17.0 Å². The summed E-state index contributed by atoms with van der Waals surface area (Å²) >= 11 is 6.91. The van der Waals surface area contributed by atoms with E-state index < -0.39 is 0 Å². The average Bonchev–Trinajstić information content (AvgIpc) is 2.34. The molecule has 0 bridgehead atoms. The van der Waals surface area contributed by atoms with E-state index in [1.54, 1.807) is 13.2 Å². The Morgan fingerprint density at radius 3 is 2.76 bits per heavy atom. The quantitative estimate of drug-likeness (QED) is 0.877. The van der Waals surface area contributed by atoms with Gasteiger partial charge in [0.1, 0.15) is 5.82 Å². The van der Waals surface area contributed by atoms with Crippen LogP contribution in [0, 0.1) is 0 Å². The van der Waals surface area contributed by atoms with E-state index in [1.165, 1.54) is 0 Å². The number of aromatic nitrogens is 2. The van der Waals surface area contributed by atoms with E-state index >= 15 is 0 Å². The largest absolute Gasteiger partial charge is 0.357 e. The molecule has 0 aliphatic rings. The van der Waals surface area contributed by atoms with Crippen molar-refractivity contribution in [1.82, 2.24) is 9.97 Å². The van der Waals surface area contributed by atoms with Crippen LogP contribution in [0.15, 0.2) is 39.4 Å². The van der Waals surface area contributed by atoms with Crippen molar-refractivity contribution < 1.29 is 0 Å². The third-order valence-corrected chi connectivity index (χ3v) is 3.26. The van der Waals surface area contributed by atoms with Gasteiger partial charge in [-0.25, -0.2) is 4.98 Å². The Kier molecular flexibility index (Phi) is 3.96. The standard InChI is InChI=1S/C11H10Br2N4/c1-14-11-15-5-4-10(17-11)16-9-6-7(12)2-3-8(9)13/h2-6H,1H3,(H2,14,15,16,17). The number of benzene rings is 1. The Morgan fingerprint density at radius 1 is 1.18 bits per heavy atom. The summed E-state index contributed by atoms with van der Waals surface area (Å²) in [7, 11) is 1.79.